The molecule has 0 heterocycles. The van der Waals surface area contributed by atoms with Crippen LogP contribution in [0.15, 0.2) is 0 Å². The number of aliphatic hydroxyl groups excluding tert-OH is 1. The molecule has 0 spiro atoms. The molecule has 0 aromatic rings. The van der Waals surface area contributed by atoms with Crippen molar-refractivity contribution < 1.29 is 14.6 Å². The van der Waals surface area contributed by atoms with Crippen LogP contribution >= 0.6 is 0 Å². The van der Waals surface area contributed by atoms with Gasteiger partial charge in [0.15, 0.2) is 0 Å². The lowest BCUT2D eigenvalue weighted by Crippen LogP contribution is -2.32. The minimum Gasteiger partial charge on any atom is -0.450 e. The van der Waals surface area contributed by atoms with E-state index >= 15 is 0 Å². The van der Waals surface area contributed by atoms with Crippen molar-refractivity contribution in [2.24, 2.45) is 11.8 Å². The van der Waals surface area contributed by atoms with Crippen LogP contribution in [-0.4, -0.2) is 31.0 Å². The third-order valence-corrected chi connectivity index (χ3v) is 3.49. The summed E-state index contributed by atoms with van der Waals surface area (Å²) in [6.45, 7) is 3.60. The molecular formula is C13H25NO3. The van der Waals surface area contributed by atoms with Crippen molar-refractivity contribution >= 4 is 6.09 Å². The Balaban J connectivity index is 2.04. The van der Waals surface area contributed by atoms with E-state index in [1.54, 1.807) is 0 Å². The van der Waals surface area contributed by atoms with Crippen LogP contribution in [0.5, 0.6) is 0 Å². The molecule has 100 valence electrons. The summed E-state index contributed by atoms with van der Waals surface area (Å²) in [5.41, 5.74) is 0. The predicted molar refractivity (Wildman–Crippen MR) is 66.8 cm³/mol. The zero-order valence-electron chi connectivity index (χ0n) is 10.8. The minimum absolute atomic E-state index is 0.289. The maximum Gasteiger partial charge on any atom is 0.407 e. The highest BCUT2D eigenvalue weighted by atomic mass is 16.5. The molecule has 0 radical (unpaired) electrons. The van der Waals surface area contributed by atoms with Crippen LogP contribution in [0, 0.1) is 11.8 Å². The molecule has 1 saturated carbocycles. The molecule has 0 aromatic heterocycles. The molecular weight excluding hydrogens is 218 g/mol. The number of rotatable bonds is 6. The van der Waals surface area contributed by atoms with Crippen LogP contribution in [0.1, 0.15) is 45.4 Å². The molecule has 2 N–H and O–H groups in total. The second kappa shape index (κ2) is 8.34. The topological polar surface area (TPSA) is 58.6 Å². The Labute approximate surface area is 104 Å². The van der Waals surface area contributed by atoms with Gasteiger partial charge in [-0.2, -0.15) is 0 Å². The van der Waals surface area contributed by atoms with E-state index in [1.165, 1.54) is 0 Å². The number of hydrogen-bond donors (Lipinski definition) is 2. The summed E-state index contributed by atoms with van der Waals surface area (Å²) < 4.78 is 5.03. The van der Waals surface area contributed by atoms with Crippen molar-refractivity contribution in [2.45, 2.75) is 45.4 Å². The van der Waals surface area contributed by atoms with Crippen LogP contribution in [0.4, 0.5) is 4.79 Å². The highest BCUT2D eigenvalue weighted by Crippen LogP contribution is 2.27. The molecule has 0 saturated heterocycles. The number of carbonyl (C=O) groups excluding carboxylic acids is 1. The van der Waals surface area contributed by atoms with Gasteiger partial charge < -0.3 is 15.2 Å². The molecule has 1 amide bonds. The van der Waals surface area contributed by atoms with Gasteiger partial charge in [-0.25, -0.2) is 4.79 Å². The second-order valence-electron chi connectivity index (χ2n) is 4.94. The SMILES string of the molecule is CCCCOC(=O)NC[C@H]1CC[C@@H](CO)CC1. The zero-order chi connectivity index (χ0) is 12.5. The Morgan fingerprint density at radius 1 is 1.29 bits per heavy atom. The van der Waals surface area contributed by atoms with Gasteiger partial charge >= 0.3 is 6.09 Å². The molecule has 1 aliphatic rings. The van der Waals surface area contributed by atoms with E-state index < -0.39 is 0 Å². The van der Waals surface area contributed by atoms with Gasteiger partial charge in [-0.1, -0.05) is 13.3 Å². The summed E-state index contributed by atoms with van der Waals surface area (Å²) in [5.74, 6) is 1.03. The van der Waals surface area contributed by atoms with Crippen molar-refractivity contribution in [3.05, 3.63) is 0 Å². The van der Waals surface area contributed by atoms with Gasteiger partial charge in [0.1, 0.15) is 0 Å². The van der Waals surface area contributed by atoms with Crippen molar-refractivity contribution in [1.29, 1.82) is 0 Å². The first-order chi connectivity index (χ1) is 8.26. The smallest absolute Gasteiger partial charge is 0.407 e. The number of hydrogen-bond acceptors (Lipinski definition) is 3. The summed E-state index contributed by atoms with van der Waals surface area (Å²) in [7, 11) is 0. The number of unbranched alkanes of at least 4 members (excludes halogenated alkanes) is 1. The summed E-state index contributed by atoms with van der Waals surface area (Å²) in [6, 6.07) is 0. The number of ether oxygens (including phenoxy) is 1. The van der Waals surface area contributed by atoms with E-state index in [0.717, 1.165) is 38.5 Å². The number of amides is 1. The van der Waals surface area contributed by atoms with Crippen molar-refractivity contribution in [1.82, 2.24) is 5.32 Å². The van der Waals surface area contributed by atoms with Crippen molar-refractivity contribution in [3.8, 4) is 0 Å². The third kappa shape index (κ3) is 5.91. The van der Waals surface area contributed by atoms with Gasteiger partial charge in [-0.15, -0.1) is 0 Å². The highest BCUT2D eigenvalue weighted by molar-refractivity contribution is 5.67. The normalized spacial score (nSPS) is 24.4. The van der Waals surface area contributed by atoms with E-state index in [2.05, 4.69) is 12.2 Å². The molecule has 17 heavy (non-hydrogen) atoms. The maximum atomic E-state index is 11.3. The van der Waals surface area contributed by atoms with Crippen LogP contribution in [0.2, 0.25) is 0 Å². The molecule has 0 unspecified atom stereocenters. The summed E-state index contributed by atoms with van der Waals surface area (Å²) >= 11 is 0. The average molecular weight is 243 g/mol. The Kier molecular flexibility index (Phi) is 7.01. The molecule has 4 heteroatoms. The van der Waals surface area contributed by atoms with Crippen LogP contribution in [0.3, 0.4) is 0 Å². The van der Waals surface area contributed by atoms with Gasteiger partial charge in [-0.3, -0.25) is 0 Å². The highest BCUT2D eigenvalue weighted by Gasteiger charge is 2.20. The van der Waals surface area contributed by atoms with Gasteiger partial charge in [0.05, 0.1) is 6.61 Å². The van der Waals surface area contributed by atoms with E-state index in [-0.39, 0.29) is 6.09 Å². The van der Waals surface area contributed by atoms with E-state index in [0.29, 0.717) is 31.6 Å². The number of carbonyl (C=O) groups is 1. The largest absolute Gasteiger partial charge is 0.450 e. The van der Waals surface area contributed by atoms with Crippen LogP contribution in [0.25, 0.3) is 0 Å². The summed E-state index contributed by atoms with van der Waals surface area (Å²) in [5, 5.41) is 11.8. The monoisotopic (exact) mass is 243 g/mol. The summed E-state index contributed by atoms with van der Waals surface area (Å²) in [6.07, 6.45) is 6.03. The Hall–Kier alpha value is -0.770. The number of alkyl carbamates (subject to hydrolysis) is 1. The molecule has 1 rings (SSSR count). The predicted octanol–water partition coefficient (Wildman–Crippen LogP) is 2.31. The lowest BCUT2D eigenvalue weighted by Gasteiger charge is -2.27. The van der Waals surface area contributed by atoms with Crippen LogP contribution < -0.4 is 5.32 Å². The lowest BCUT2D eigenvalue weighted by molar-refractivity contribution is 0.136. The van der Waals surface area contributed by atoms with Gasteiger partial charge in [0.2, 0.25) is 0 Å². The molecule has 1 fully saturated rings. The zero-order valence-corrected chi connectivity index (χ0v) is 10.8. The maximum absolute atomic E-state index is 11.3. The van der Waals surface area contributed by atoms with E-state index in [9.17, 15) is 4.79 Å². The summed E-state index contributed by atoms with van der Waals surface area (Å²) in [4.78, 5) is 11.3. The van der Waals surface area contributed by atoms with Gasteiger partial charge in [0, 0.05) is 13.2 Å². The fourth-order valence-electron chi connectivity index (χ4n) is 2.21. The van der Waals surface area contributed by atoms with E-state index in [1.807, 2.05) is 0 Å². The first-order valence-electron chi connectivity index (χ1n) is 6.77. The Bertz CT molecular complexity index is 213. The number of aliphatic hydroxyl groups is 1. The fourth-order valence-corrected chi connectivity index (χ4v) is 2.21. The lowest BCUT2D eigenvalue weighted by atomic mass is 9.82. The van der Waals surface area contributed by atoms with Crippen molar-refractivity contribution in [3.63, 3.8) is 0 Å². The molecule has 0 aromatic carbocycles. The van der Waals surface area contributed by atoms with E-state index in [4.69, 9.17) is 9.84 Å². The molecule has 4 nitrogen and oxygen atoms in total. The Morgan fingerprint density at radius 2 is 1.94 bits per heavy atom. The third-order valence-electron chi connectivity index (χ3n) is 3.49. The Morgan fingerprint density at radius 3 is 2.53 bits per heavy atom. The molecule has 0 atom stereocenters. The quantitative estimate of drug-likeness (QED) is 0.704. The van der Waals surface area contributed by atoms with Gasteiger partial charge in [-0.05, 0) is 43.9 Å². The van der Waals surface area contributed by atoms with Gasteiger partial charge in [0.25, 0.3) is 0 Å². The first kappa shape index (κ1) is 14.3. The second-order valence-corrected chi connectivity index (χ2v) is 4.94. The van der Waals surface area contributed by atoms with Crippen molar-refractivity contribution in [2.75, 3.05) is 19.8 Å². The standard InChI is InChI=1S/C13H25NO3/c1-2-3-8-17-13(16)14-9-11-4-6-12(10-15)7-5-11/h11-12,15H,2-10H2,1H3,(H,14,16)/t11-,12+. The first-order valence-corrected chi connectivity index (χ1v) is 6.77. The van der Waals surface area contributed by atoms with Crippen LogP contribution in [-0.2, 0) is 4.74 Å². The number of nitrogens with one attached hydrogen (secondary N) is 1. The molecule has 1 aliphatic carbocycles. The fraction of sp³-hybridized carbons (Fsp3) is 0.923. The average Bonchev–Trinajstić information content (AvgIpc) is 2.37. The molecule has 0 bridgehead atoms. The minimum atomic E-state index is -0.289. The molecule has 0 aliphatic heterocycles.